The van der Waals surface area contributed by atoms with Gasteiger partial charge in [0.15, 0.2) is 5.13 Å². The molecule has 10 heteroatoms. The number of nitrogens with zero attached hydrogens (tertiary/aromatic N) is 2. The number of hydrogen-bond donors (Lipinski definition) is 1. The van der Waals surface area contributed by atoms with E-state index in [2.05, 4.69) is 9.71 Å². The Morgan fingerprint density at radius 2 is 2.07 bits per heavy atom. The zero-order chi connectivity index (χ0) is 19.6. The van der Waals surface area contributed by atoms with Crippen LogP contribution in [0.4, 0.5) is 5.13 Å². The standard InChI is InChI=1S/C17H19Cl2N3O3S2/c1-11-8-12(18)9-14(19)16(11)27(24,25)21-17-20-10-13(26-17)5-7-22-6-3-2-4-15(22)23/h8-10H,2-7H2,1H3,(H,20,21). The number of nitrogens with one attached hydrogen (secondary N) is 1. The molecule has 6 nitrogen and oxygen atoms in total. The summed E-state index contributed by atoms with van der Waals surface area (Å²) in [5.74, 6) is 0.180. The number of piperidine rings is 1. The van der Waals surface area contributed by atoms with Crippen molar-refractivity contribution < 1.29 is 13.2 Å². The molecule has 0 aliphatic carbocycles. The van der Waals surface area contributed by atoms with E-state index in [0.29, 0.717) is 30.0 Å². The number of carbonyl (C=O) groups excluding carboxylic acids is 1. The van der Waals surface area contributed by atoms with Crippen LogP contribution in [0.3, 0.4) is 0 Å². The Kier molecular flexibility index (Phi) is 6.30. The maximum absolute atomic E-state index is 12.7. The summed E-state index contributed by atoms with van der Waals surface area (Å²) in [6.45, 7) is 3.04. The minimum absolute atomic E-state index is 0.00997. The Hall–Kier alpha value is -1.35. The van der Waals surface area contributed by atoms with E-state index < -0.39 is 10.0 Å². The highest BCUT2D eigenvalue weighted by Crippen LogP contribution is 2.31. The largest absolute Gasteiger partial charge is 0.342 e. The minimum Gasteiger partial charge on any atom is -0.342 e. The fourth-order valence-corrected chi connectivity index (χ4v) is 6.24. The van der Waals surface area contributed by atoms with Crippen LogP contribution in [-0.2, 0) is 21.2 Å². The van der Waals surface area contributed by atoms with Crippen LogP contribution in [0.25, 0.3) is 0 Å². The number of amides is 1. The summed E-state index contributed by atoms with van der Waals surface area (Å²) >= 11 is 13.2. The van der Waals surface area contributed by atoms with Crippen molar-refractivity contribution >= 4 is 55.6 Å². The Bertz CT molecular complexity index is 937. The number of rotatable bonds is 6. The molecule has 0 unspecified atom stereocenters. The number of halogens is 2. The van der Waals surface area contributed by atoms with Gasteiger partial charge in [0.05, 0.1) is 5.02 Å². The lowest BCUT2D eigenvalue weighted by molar-refractivity contribution is -0.133. The number of likely N-dealkylation sites (tertiary alicyclic amines) is 1. The van der Waals surface area contributed by atoms with Crippen LogP contribution in [0.5, 0.6) is 0 Å². The molecule has 1 aromatic heterocycles. The molecular weight excluding hydrogens is 429 g/mol. The first-order valence-electron chi connectivity index (χ1n) is 8.47. The molecule has 0 saturated carbocycles. The van der Waals surface area contributed by atoms with E-state index in [9.17, 15) is 13.2 Å². The monoisotopic (exact) mass is 447 g/mol. The lowest BCUT2D eigenvalue weighted by Crippen LogP contribution is -2.36. The molecule has 27 heavy (non-hydrogen) atoms. The first-order chi connectivity index (χ1) is 12.8. The van der Waals surface area contributed by atoms with Gasteiger partial charge in [-0.25, -0.2) is 13.4 Å². The highest BCUT2D eigenvalue weighted by molar-refractivity contribution is 7.93. The summed E-state index contributed by atoms with van der Waals surface area (Å²) in [5, 5.41) is 0.702. The number of benzene rings is 1. The maximum atomic E-state index is 12.7. The molecular formula is C17H19Cl2N3O3S2. The fraction of sp³-hybridized carbons (Fsp3) is 0.412. The quantitative estimate of drug-likeness (QED) is 0.721. The van der Waals surface area contributed by atoms with Gasteiger partial charge < -0.3 is 4.90 Å². The number of thiazole rings is 1. The molecule has 0 radical (unpaired) electrons. The van der Waals surface area contributed by atoms with Gasteiger partial charge in [-0.3, -0.25) is 9.52 Å². The zero-order valence-electron chi connectivity index (χ0n) is 14.7. The van der Waals surface area contributed by atoms with Crippen LogP contribution < -0.4 is 4.72 Å². The van der Waals surface area contributed by atoms with Crippen LogP contribution in [-0.4, -0.2) is 37.3 Å². The topological polar surface area (TPSA) is 79.4 Å². The molecule has 0 spiro atoms. The van der Waals surface area contributed by atoms with Crippen molar-refractivity contribution in [1.29, 1.82) is 0 Å². The Morgan fingerprint density at radius 1 is 1.30 bits per heavy atom. The predicted octanol–water partition coefficient (Wildman–Crippen LogP) is 4.11. The number of sulfonamides is 1. The number of anilines is 1. The van der Waals surface area contributed by atoms with E-state index in [1.54, 1.807) is 19.2 Å². The van der Waals surface area contributed by atoms with Gasteiger partial charge in [0.1, 0.15) is 4.90 Å². The van der Waals surface area contributed by atoms with Crippen LogP contribution in [0.2, 0.25) is 10.0 Å². The van der Waals surface area contributed by atoms with Crippen molar-refractivity contribution in [2.24, 2.45) is 0 Å². The summed E-state index contributed by atoms with van der Waals surface area (Å²) in [4.78, 5) is 18.7. The van der Waals surface area contributed by atoms with E-state index in [1.807, 2.05) is 4.90 Å². The van der Waals surface area contributed by atoms with Gasteiger partial charge in [0, 0.05) is 42.0 Å². The van der Waals surface area contributed by atoms with E-state index >= 15 is 0 Å². The second kappa shape index (κ2) is 8.34. The van der Waals surface area contributed by atoms with E-state index in [0.717, 1.165) is 24.3 Å². The minimum atomic E-state index is -3.88. The van der Waals surface area contributed by atoms with Crippen LogP contribution in [0.15, 0.2) is 23.2 Å². The molecule has 146 valence electrons. The Balaban J connectivity index is 1.69. The van der Waals surface area contributed by atoms with Crippen molar-refractivity contribution in [3.8, 4) is 0 Å². The van der Waals surface area contributed by atoms with Crippen molar-refractivity contribution in [3.63, 3.8) is 0 Å². The SMILES string of the molecule is Cc1cc(Cl)cc(Cl)c1S(=O)(=O)Nc1ncc(CCN2CCCCC2=O)s1. The number of aryl methyl sites for hydroxylation is 1. The van der Waals surface area contributed by atoms with Gasteiger partial charge in [-0.1, -0.05) is 23.2 Å². The zero-order valence-corrected chi connectivity index (χ0v) is 17.8. The normalized spacial score (nSPS) is 15.2. The third kappa shape index (κ3) is 4.93. The molecule has 0 atom stereocenters. The van der Waals surface area contributed by atoms with Crippen molar-refractivity contribution in [2.45, 2.75) is 37.5 Å². The van der Waals surface area contributed by atoms with Gasteiger partial charge >= 0.3 is 0 Å². The van der Waals surface area contributed by atoms with Gasteiger partial charge in [0.2, 0.25) is 5.91 Å². The summed E-state index contributed by atoms with van der Waals surface area (Å²) in [6.07, 6.45) is 4.86. The first kappa shape index (κ1) is 20.4. The third-order valence-electron chi connectivity index (χ3n) is 4.29. The summed E-state index contributed by atoms with van der Waals surface area (Å²) in [7, 11) is -3.88. The molecule has 1 aliphatic heterocycles. The number of carbonyl (C=O) groups is 1. The lowest BCUT2D eigenvalue weighted by atomic mass is 10.1. The lowest BCUT2D eigenvalue weighted by Gasteiger charge is -2.26. The summed E-state index contributed by atoms with van der Waals surface area (Å²) in [5.41, 5.74) is 0.459. The highest BCUT2D eigenvalue weighted by atomic mass is 35.5. The Morgan fingerprint density at radius 3 is 2.78 bits per heavy atom. The van der Waals surface area contributed by atoms with Crippen molar-refractivity contribution in [3.05, 3.63) is 38.8 Å². The maximum Gasteiger partial charge on any atom is 0.265 e. The molecule has 2 aromatic rings. The predicted molar refractivity (Wildman–Crippen MR) is 108 cm³/mol. The first-order valence-corrected chi connectivity index (χ1v) is 11.5. The van der Waals surface area contributed by atoms with Crippen molar-refractivity contribution in [2.75, 3.05) is 17.8 Å². The van der Waals surface area contributed by atoms with E-state index in [-0.39, 0.29) is 21.0 Å². The molecule has 1 fully saturated rings. The van der Waals surface area contributed by atoms with Crippen LogP contribution >= 0.6 is 34.5 Å². The molecule has 2 heterocycles. The molecule has 3 rings (SSSR count). The molecule has 1 aliphatic rings. The number of aromatic nitrogens is 1. The second-order valence-corrected chi connectivity index (χ2v) is 9.94. The van der Waals surface area contributed by atoms with Crippen LogP contribution in [0, 0.1) is 6.92 Å². The van der Waals surface area contributed by atoms with E-state index in [4.69, 9.17) is 23.2 Å². The van der Waals surface area contributed by atoms with Crippen LogP contribution in [0.1, 0.15) is 29.7 Å². The molecule has 0 bridgehead atoms. The fourth-order valence-electron chi connectivity index (χ4n) is 3.01. The smallest absolute Gasteiger partial charge is 0.265 e. The van der Waals surface area contributed by atoms with Gasteiger partial charge in [-0.15, -0.1) is 11.3 Å². The van der Waals surface area contributed by atoms with E-state index in [1.165, 1.54) is 17.4 Å². The molecule has 1 aromatic carbocycles. The van der Waals surface area contributed by atoms with Gasteiger partial charge in [0.25, 0.3) is 10.0 Å². The molecule has 1 N–H and O–H groups in total. The molecule has 1 amide bonds. The average molecular weight is 448 g/mol. The summed E-state index contributed by atoms with van der Waals surface area (Å²) < 4.78 is 27.8. The highest BCUT2D eigenvalue weighted by Gasteiger charge is 2.23. The summed E-state index contributed by atoms with van der Waals surface area (Å²) in [6, 6.07) is 2.94. The average Bonchev–Trinajstić information content (AvgIpc) is 2.99. The second-order valence-electron chi connectivity index (χ2n) is 6.36. The third-order valence-corrected chi connectivity index (χ3v) is 7.56. The Labute approximate surface area is 172 Å². The molecule has 1 saturated heterocycles. The van der Waals surface area contributed by atoms with Gasteiger partial charge in [-0.05, 0) is 37.5 Å². The number of hydrogen-bond acceptors (Lipinski definition) is 5. The van der Waals surface area contributed by atoms with Gasteiger partial charge in [-0.2, -0.15) is 0 Å². The van der Waals surface area contributed by atoms with Crippen molar-refractivity contribution in [1.82, 2.24) is 9.88 Å².